The molecule has 0 aromatic carbocycles. The van der Waals surface area contributed by atoms with E-state index >= 15 is 0 Å². The lowest BCUT2D eigenvalue weighted by atomic mass is 10.0. The fourth-order valence-corrected chi connectivity index (χ4v) is 4.19. The van der Waals surface area contributed by atoms with Crippen molar-refractivity contribution in [3.05, 3.63) is 0 Å². The predicted molar refractivity (Wildman–Crippen MR) is 123 cm³/mol. The van der Waals surface area contributed by atoms with Crippen molar-refractivity contribution in [1.29, 1.82) is 0 Å². The molecule has 6 heteroatoms. The summed E-state index contributed by atoms with van der Waals surface area (Å²) in [7, 11) is 0. The van der Waals surface area contributed by atoms with Crippen LogP contribution in [-0.2, 0) is 14.3 Å². The van der Waals surface area contributed by atoms with Crippen LogP contribution in [0.15, 0.2) is 0 Å². The van der Waals surface area contributed by atoms with Crippen LogP contribution in [0.2, 0.25) is 0 Å². The number of aliphatic carboxylic acids is 1. The van der Waals surface area contributed by atoms with E-state index in [1.807, 2.05) is 13.8 Å². The zero-order valence-electron chi connectivity index (χ0n) is 20.0. The van der Waals surface area contributed by atoms with E-state index in [-0.39, 0.29) is 12.2 Å². The van der Waals surface area contributed by atoms with Crippen LogP contribution >= 0.6 is 0 Å². The number of hydrogen-bond acceptors (Lipinski definition) is 5. The average molecular weight is 445 g/mol. The Kier molecular flexibility index (Phi) is 16.3. The van der Waals surface area contributed by atoms with Crippen LogP contribution in [0.1, 0.15) is 123 Å². The monoisotopic (exact) mass is 444 g/mol. The second-order valence-electron chi connectivity index (χ2n) is 9.41. The van der Waals surface area contributed by atoms with Crippen molar-refractivity contribution in [2.45, 2.75) is 154 Å². The van der Waals surface area contributed by atoms with Gasteiger partial charge in [0.05, 0.1) is 18.3 Å². The minimum absolute atomic E-state index is 0.0549. The van der Waals surface area contributed by atoms with E-state index in [0.29, 0.717) is 12.8 Å². The van der Waals surface area contributed by atoms with Crippen LogP contribution in [0, 0.1) is 0 Å². The molecule has 3 N–H and O–H groups in total. The summed E-state index contributed by atoms with van der Waals surface area (Å²) >= 11 is 0. The third-order valence-electron chi connectivity index (χ3n) is 6.31. The average Bonchev–Trinajstić information content (AvgIpc) is 2.71. The van der Waals surface area contributed by atoms with E-state index in [4.69, 9.17) is 14.6 Å². The molecule has 0 spiro atoms. The number of rotatable bonds is 19. The standard InChI is InChI=1S/C25H48O6/c1-20(30-25-23(27)19-22(26)21(2)31-25)17-15-13-11-9-7-5-3-4-6-8-10-12-14-16-18-24(28)29/h20-23,25-27H,3-19H2,1-2H3,(H,28,29). The van der Waals surface area contributed by atoms with Crippen molar-refractivity contribution >= 4 is 5.97 Å². The maximum atomic E-state index is 10.4. The molecule has 31 heavy (non-hydrogen) atoms. The summed E-state index contributed by atoms with van der Waals surface area (Å²) < 4.78 is 11.4. The maximum absolute atomic E-state index is 10.4. The van der Waals surface area contributed by atoms with Crippen LogP contribution in [0.4, 0.5) is 0 Å². The minimum atomic E-state index is -0.752. The molecule has 184 valence electrons. The number of ether oxygens (including phenoxy) is 2. The second-order valence-corrected chi connectivity index (χ2v) is 9.41. The topological polar surface area (TPSA) is 96.2 Å². The van der Waals surface area contributed by atoms with Crippen molar-refractivity contribution in [3.8, 4) is 0 Å². The molecule has 1 rings (SSSR count). The van der Waals surface area contributed by atoms with E-state index in [1.54, 1.807) is 0 Å². The largest absolute Gasteiger partial charge is 0.481 e. The highest BCUT2D eigenvalue weighted by Gasteiger charge is 2.35. The first kappa shape index (κ1) is 28.3. The summed E-state index contributed by atoms with van der Waals surface area (Å²) in [5.74, 6) is -0.675. The van der Waals surface area contributed by atoms with Crippen LogP contribution in [0.3, 0.4) is 0 Å². The molecular formula is C25H48O6. The Labute approximate surface area is 189 Å². The molecule has 0 radical (unpaired) electrons. The number of carbonyl (C=O) groups is 1. The van der Waals surface area contributed by atoms with E-state index in [0.717, 1.165) is 25.7 Å². The van der Waals surface area contributed by atoms with Gasteiger partial charge < -0.3 is 24.8 Å². The van der Waals surface area contributed by atoms with Gasteiger partial charge in [0, 0.05) is 12.8 Å². The third kappa shape index (κ3) is 14.9. The molecular weight excluding hydrogens is 396 g/mol. The number of aliphatic hydroxyl groups is 2. The summed E-state index contributed by atoms with van der Waals surface area (Å²) in [6, 6.07) is 0. The predicted octanol–water partition coefficient (Wildman–Crippen LogP) is 5.57. The van der Waals surface area contributed by atoms with Crippen LogP contribution in [0.25, 0.3) is 0 Å². The van der Waals surface area contributed by atoms with Gasteiger partial charge in [0.1, 0.15) is 6.10 Å². The Bertz CT molecular complexity index is 444. The Balaban J connectivity index is 1.82. The molecule has 5 atom stereocenters. The first-order chi connectivity index (χ1) is 14.9. The van der Waals surface area contributed by atoms with E-state index in [1.165, 1.54) is 70.6 Å². The summed E-state index contributed by atoms with van der Waals surface area (Å²) in [6.45, 7) is 3.84. The number of carboxylic acid groups (broad SMARTS) is 1. The first-order valence-corrected chi connectivity index (χ1v) is 12.8. The lowest BCUT2D eigenvalue weighted by molar-refractivity contribution is -0.273. The van der Waals surface area contributed by atoms with Gasteiger partial charge in [-0.05, 0) is 26.7 Å². The minimum Gasteiger partial charge on any atom is -0.481 e. The van der Waals surface area contributed by atoms with Gasteiger partial charge in [0.25, 0.3) is 0 Å². The first-order valence-electron chi connectivity index (χ1n) is 12.8. The molecule has 6 nitrogen and oxygen atoms in total. The molecule has 0 bridgehead atoms. The lowest BCUT2D eigenvalue weighted by Crippen LogP contribution is -2.48. The summed E-state index contributed by atoms with van der Waals surface area (Å²) in [5, 5.41) is 28.3. The van der Waals surface area contributed by atoms with Gasteiger partial charge in [-0.2, -0.15) is 0 Å². The van der Waals surface area contributed by atoms with Crippen molar-refractivity contribution in [3.63, 3.8) is 0 Å². The quantitative estimate of drug-likeness (QED) is 0.225. The van der Waals surface area contributed by atoms with Gasteiger partial charge in [0.2, 0.25) is 0 Å². The molecule has 0 aliphatic carbocycles. The molecule has 1 aliphatic rings. The summed E-state index contributed by atoms with van der Waals surface area (Å²) in [5.41, 5.74) is 0. The van der Waals surface area contributed by atoms with Crippen LogP contribution in [-0.4, -0.2) is 52.0 Å². The van der Waals surface area contributed by atoms with Gasteiger partial charge in [-0.3, -0.25) is 4.79 Å². The molecule has 1 fully saturated rings. The Morgan fingerprint density at radius 1 is 0.839 bits per heavy atom. The maximum Gasteiger partial charge on any atom is 0.303 e. The summed E-state index contributed by atoms with van der Waals surface area (Å²) in [4.78, 5) is 10.4. The van der Waals surface area contributed by atoms with Crippen molar-refractivity contribution in [2.75, 3.05) is 0 Å². The molecule has 0 amide bonds. The van der Waals surface area contributed by atoms with Gasteiger partial charge in [-0.25, -0.2) is 0 Å². The molecule has 1 aliphatic heterocycles. The molecule has 0 aromatic rings. The Morgan fingerprint density at radius 2 is 1.29 bits per heavy atom. The van der Waals surface area contributed by atoms with Crippen molar-refractivity contribution in [2.24, 2.45) is 0 Å². The normalized spacial score (nSPS) is 24.9. The van der Waals surface area contributed by atoms with Gasteiger partial charge in [-0.1, -0.05) is 83.5 Å². The van der Waals surface area contributed by atoms with Crippen LogP contribution in [0.5, 0.6) is 0 Å². The highest BCUT2D eigenvalue weighted by atomic mass is 16.7. The fourth-order valence-electron chi connectivity index (χ4n) is 4.19. The highest BCUT2D eigenvalue weighted by Crippen LogP contribution is 2.23. The lowest BCUT2D eigenvalue weighted by Gasteiger charge is -2.36. The zero-order chi connectivity index (χ0) is 22.9. The van der Waals surface area contributed by atoms with Gasteiger partial charge in [0.15, 0.2) is 6.29 Å². The summed E-state index contributed by atoms with van der Waals surface area (Å²) in [6.07, 6.45) is 16.5. The molecule has 0 saturated carbocycles. The van der Waals surface area contributed by atoms with E-state index in [9.17, 15) is 15.0 Å². The molecule has 5 unspecified atom stereocenters. The molecule has 0 aromatic heterocycles. The second kappa shape index (κ2) is 17.8. The Hall–Kier alpha value is -0.690. The highest BCUT2D eigenvalue weighted by molar-refractivity contribution is 5.66. The smallest absolute Gasteiger partial charge is 0.303 e. The van der Waals surface area contributed by atoms with Gasteiger partial charge >= 0.3 is 5.97 Å². The van der Waals surface area contributed by atoms with Crippen molar-refractivity contribution in [1.82, 2.24) is 0 Å². The zero-order valence-corrected chi connectivity index (χ0v) is 20.0. The van der Waals surface area contributed by atoms with Crippen LogP contribution < -0.4 is 0 Å². The van der Waals surface area contributed by atoms with Crippen molar-refractivity contribution < 1.29 is 29.6 Å². The van der Waals surface area contributed by atoms with E-state index < -0.39 is 24.5 Å². The number of unbranched alkanes of at least 4 members (excludes halogenated alkanes) is 13. The Morgan fingerprint density at radius 3 is 1.77 bits per heavy atom. The number of aliphatic hydroxyl groups excluding tert-OH is 2. The van der Waals surface area contributed by atoms with Gasteiger partial charge in [-0.15, -0.1) is 0 Å². The molecule has 1 heterocycles. The fraction of sp³-hybridized carbons (Fsp3) is 0.960. The SMILES string of the molecule is CC(CCCCCCCCCCCCCCCCC(=O)O)OC1OC(C)C(O)CC1O. The number of carboxylic acids is 1. The molecule has 1 saturated heterocycles. The number of hydrogen-bond donors (Lipinski definition) is 3. The van der Waals surface area contributed by atoms with E-state index in [2.05, 4.69) is 0 Å². The third-order valence-corrected chi connectivity index (χ3v) is 6.31.